The number of rotatable bonds is 13. The van der Waals surface area contributed by atoms with E-state index in [1.165, 1.54) is 10.4 Å². The van der Waals surface area contributed by atoms with Gasteiger partial charge in [-0.25, -0.2) is 0 Å². The average Bonchev–Trinajstić information content (AvgIpc) is 3.51. The van der Waals surface area contributed by atoms with E-state index in [1.54, 1.807) is 0 Å². The first-order chi connectivity index (χ1) is 22.6. The highest BCUT2D eigenvalue weighted by Gasteiger charge is 2.63. The summed E-state index contributed by atoms with van der Waals surface area (Å²) in [5.41, 5.74) is 1.30. The molecule has 4 aromatic carbocycles. The fourth-order valence-electron chi connectivity index (χ4n) is 7.10. The van der Waals surface area contributed by atoms with Crippen LogP contribution in [0.15, 0.2) is 121 Å². The van der Waals surface area contributed by atoms with Crippen LogP contribution in [-0.2, 0) is 41.3 Å². The van der Waals surface area contributed by atoms with Crippen molar-refractivity contribution >= 4 is 18.7 Å². The van der Waals surface area contributed by atoms with E-state index >= 15 is 0 Å². The van der Waals surface area contributed by atoms with Gasteiger partial charge in [-0.3, -0.25) is 0 Å². The SMILES string of the molecule is CC1(C)OC2OC(CCO[Si](c3ccccc3)(c3ccccc3)C(C)(C)C)(COCc3ccccc3)C(OCc3ccccc3)C2O1. The van der Waals surface area contributed by atoms with Gasteiger partial charge in [-0.1, -0.05) is 142 Å². The molecular formula is C40H48O6Si. The lowest BCUT2D eigenvalue weighted by Crippen LogP contribution is -2.67. The fourth-order valence-corrected chi connectivity index (χ4v) is 11.7. The van der Waals surface area contributed by atoms with Crippen molar-refractivity contribution in [2.75, 3.05) is 13.2 Å². The van der Waals surface area contributed by atoms with Crippen LogP contribution in [0.4, 0.5) is 0 Å². The minimum absolute atomic E-state index is 0.154. The molecule has 6 rings (SSSR count). The van der Waals surface area contributed by atoms with E-state index in [1.807, 2.05) is 50.2 Å². The summed E-state index contributed by atoms with van der Waals surface area (Å²) in [5.74, 6) is -0.786. The molecule has 0 bridgehead atoms. The monoisotopic (exact) mass is 652 g/mol. The molecular weight excluding hydrogens is 605 g/mol. The molecule has 2 aliphatic rings. The van der Waals surface area contributed by atoms with Crippen molar-refractivity contribution in [2.24, 2.45) is 0 Å². The van der Waals surface area contributed by atoms with Crippen molar-refractivity contribution in [3.8, 4) is 0 Å². The van der Waals surface area contributed by atoms with Crippen molar-refractivity contribution in [2.45, 2.75) is 89.2 Å². The Hall–Kier alpha value is -3.14. The summed E-state index contributed by atoms with van der Waals surface area (Å²) in [6, 6.07) is 41.9. The van der Waals surface area contributed by atoms with E-state index in [9.17, 15) is 0 Å². The lowest BCUT2D eigenvalue weighted by atomic mass is 9.92. The van der Waals surface area contributed by atoms with E-state index in [0.29, 0.717) is 32.8 Å². The summed E-state index contributed by atoms with van der Waals surface area (Å²) >= 11 is 0. The molecule has 2 aliphatic heterocycles. The van der Waals surface area contributed by atoms with Gasteiger partial charge < -0.3 is 28.1 Å². The molecule has 0 radical (unpaired) electrons. The molecule has 0 amide bonds. The van der Waals surface area contributed by atoms with Crippen molar-refractivity contribution in [1.82, 2.24) is 0 Å². The number of hydrogen-bond donors (Lipinski definition) is 0. The second-order valence-electron chi connectivity index (χ2n) is 14.1. The third-order valence-electron chi connectivity index (χ3n) is 9.25. The molecule has 0 aromatic heterocycles. The number of ether oxygens (including phenoxy) is 5. The summed E-state index contributed by atoms with van der Waals surface area (Å²) in [6.07, 6.45) is -0.916. The Morgan fingerprint density at radius 1 is 0.660 bits per heavy atom. The summed E-state index contributed by atoms with van der Waals surface area (Å²) < 4.78 is 40.3. The van der Waals surface area contributed by atoms with Crippen LogP contribution in [0.2, 0.25) is 5.04 Å². The van der Waals surface area contributed by atoms with Crippen LogP contribution in [0.25, 0.3) is 0 Å². The molecule has 0 N–H and O–H groups in total. The van der Waals surface area contributed by atoms with Gasteiger partial charge in [0.15, 0.2) is 12.1 Å². The molecule has 7 heteroatoms. The maximum atomic E-state index is 7.36. The van der Waals surface area contributed by atoms with Gasteiger partial charge in [0, 0.05) is 13.0 Å². The van der Waals surface area contributed by atoms with E-state index in [-0.39, 0.29) is 5.04 Å². The molecule has 248 valence electrons. The Labute approximate surface area is 281 Å². The highest BCUT2D eigenvalue weighted by molar-refractivity contribution is 6.99. The van der Waals surface area contributed by atoms with Crippen LogP contribution in [0.5, 0.6) is 0 Å². The zero-order valence-corrected chi connectivity index (χ0v) is 29.3. The Morgan fingerprint density at radius 3 is 1.70 bits per heavy atom. The van der Waals surface area contributed by atoms with E-state index in [4.69, 9.17) is 28.1 Å². The second-order valence-corrected chi connectivity index (χ2v) is 18.4. The van der Waals surface area contributed by atoms with Crippen LogP contribution >= 0.6 is 0 Å². The molecule has 0 spiro atoms. The van der Waals surface area contributed by atoms with Gasteiger partial charge >= 0.3 is 0 Å². The van der Waals surface area contributed by atoms with Gasteiger partial charge in [0.2, 0.25) is 0 Å². The Balaban J connectivity index is 1.33. The molecule has 6 nitrogen and oxygen atoms in total. The van der Waals surface area contributed by atoms with Crippen LogP contribution in [-0.4, -0.2) is 51.4 Å². The highest BCUT2D eigenvalue weighted by atomic mass is 28.4. The maximum absolute atomic E-state index is 7.36. The molecule has 47 heavy (non-hydrogen) atoms. The lowest BCUT2D eigenvalue weighted by molar-refractivity contribution is -0.257. The Bertz CT molecular complexity index is 1500. The van der Waals surface area contributed by atoms with E-state index in [0.717, 1.165) is 11.1 Å². The topological polar surface area (TPSA) is 55.4 Å². The highest BCUT2D eigenvalue weighted by Crippen LogP contribution is 2.46. The number of fused-ring (bicyclic) bond motifs is 1. The van der Waals surface area contributed by atoms with Crippen molar-refractivity contribution in [3.63, 3.8) is 0 Å². The normalized spacial score (nSPS) is 23.9. The Morgan fingerprint density at radius 2 is 1.17 bits per heavy atom. The van der Waals surface area contributed by atoms with E-state index in [2.05, 4.69) is 106 Å². The van der Waals surface area contributed by atoms with Gasteiger partial charge in [0.1, 0.15) is 17.8 Å². The molecule has 2 saturated heterocycles. The first kappa shape index (κ1) is 33.7. The minimum Gasteiger partial charge on any atom is -0.407 e. The van der Waals surface area contributed by atoms with Crippen LogP contribution in [0.3, 0.4) is 0 Å². The predicted octanol–water partition coefficient (Wildman–Crippen LogP) is 7.00. The van der Waals surface area contributed by atoms with E-state index < -0.39 is 38.2 Å². The largest absolute Gasteiger partial charge is 0.407 e. The molecule has 0 aliphatic carbocycles. The summed E-state index contributed by atoms with van der Waals surface area (Å²) in [4.78, 5) is 0. The Kier molecular flexibility index (Phi) is 10.2. The van der Waals surface area contributed by atoms with Crippen molar-refractivity contribution in [3.05, 3.63) is 132 Å². The molecule has 2 heterocycles. The molecule has 4 unspecified atom stereocenters. The van der Waals surface area contributed by atoms with Gasteiger partial charge in [0.25, 0.3) is 8.32 Å². The molecule has 4 aromatic rings. The van der Waals surface area contributed by atoms with Gasteiger partial charge in [-0.15, -0.1) is 0 Å². The third kappa shape index (κ3) is 7.32. The van der Waals surface area contributed by atoms with Gasteiger partial charge in [0.05, 0.1) is 19.8 Å². The zero-order chi connectivity index (χ0) is 33.0. The van der Waals surface area contributed by atoms with Crippen molar-refractivity contribution in [1.29, 1.82) is 0 Å². The summed E-state index contributed by atoms with van der Waals surface area (Å²) in [6.45, 7) is 12.3. The number of hydrogen-bond acceptors (Lipinski definition) is 6. The minimum atomic E-state index is -2.78. The standard InChI is InChI=1S/C40H48O6Si/c1-38(2,3)47(33-22-14-8-15-23-33,34-24-16-9-17-25-34)43-27-26-40(30-41-28-31-18-10-6-11-19-31)36(42-29-32-20-12-7-13-21-32)35-37(46-40)45-39(4,5)44-35/h6-25,35-37H,26-30H2,1-5H3. The zero-order valence-electron chi connectivity index (χ0n) is 28.3. The summed E-state index contributed by atoms with van der Waals surface area (Å²) in [5, 5.41) is 2.32. The molecule has 4 atom stereocenters. The lowest BCUT2D eigenvalue weighted by Gasteiger charge is -2.44. The first-order valence-corrected chi connectivity index (χ1v) is 18.6. The van der Waals surface area contributed by atoms with Crippen LogP contribution in [0.1, 0.15) is 52.2 Å². The van der Waals surface area contributed by atoms with Gasteiger partial charge in [-0.05, 0) is 40.4 Å². The quantitative estimate of drug-likeness (QED) is 0.145. The number of benzene rings is 4. The third-order valence-corrected chi connectivity index (χ3v) is 14.3. The van der Waals surface area contributed by atoms with Crippen LogP contribution < -0.4 is 10.4 Å². The molecule has 0 saturated carbocycles. The van der Waals surface area contributed by atoms with Crippen LogP contribution in [0, 0.1) is 0 Å². The smallest absolute Gasteiger partial charge is 0.261 e. The average molecular weight is 653 g/mol. The second kappa shape index (κ2) is 14.1. The predicted molar refractivity (Wildman–Crippen MR) is 187 cm³/mol. The van der Waals surface area contributed by atoms with Crippen molar-refractivity contribution < 1.29 is 28.1 Å². The first-order valence-electron chi connectivity index (χ1n) is 16.7. The molecule has 2 fully saturated rings. The van der Waals surface area contributed by atoms with Gasteiger partial charge in [-0.2, -0.15) is 0 Å². The summed E-state index contributed by atoms with van der Waals surface area (Å²) in [7, 11) is -2.78. The fraction of sp³-hybridized carbons (Fsp3) is 0.400. The maximum Gasteiger partial charge on any atom is 0.261 e.